The number of anilines is 1. The highest BCUT2D eigenvalue weighted by atomic mass is 16.3. The summed E-state index contributed by atoms with van der Waals surface area (Å²) in [6.07, 6.45) is 2.34. The van der Waals surface area contributed by atoms with Gasteiger partial charge in [-0.05, 0) is 71.5 Å². The Hall–Kier alpha value is -4.71. The van der Waals surface area contributed by atoms with Crippen molar-refractivity contribution >= 4 is 11.7 Å². The van der Waals surface area contributed by atoms with E-state index in [-0.39, 0.29) is 17.1 Å². The Morgan fingerprint density at radius 3 is 2.18 bits per heavy atom. The quantitative estimate of drug-likeness (QED) is 0.257. The molecule has 39 heavy (non-hydrogen) atoms. The zero-order valence-electron chi connectivity index (χ0n) is 22.5. The second-order valence-electron chi connectivity index (χ2n) is 10.6. The minimum Gasteiger partial charge on any atom is -0.508 e. The van der Waals surface area contributed by atoms with Gasteiger partial charge in [-0.15, -0.1) is 0 Å². The Morgan fingerprint density at radius 2 is 1.54 bits per heavy atom. The maximum absolute atomic E-state index is 14.0. The molecule has 0 radical (unpaired) electrons. The molecule has 1 amide bonds. The number of hydrogen-bond acceptors (Lipinski definition) is 4. The third-order valence-electron chi connectivity index (χ3n) is 6.70. The molecule has 5 aromatic rings. The summed E-state index contributed by atoms with van der Waals surface area (Å²) in [5, 5.41) is 14.6. The highest BCUT2D eigenvalue weighted by Crippen LogP contribution is 2.30. The summed E-state index contributed by atoms with van der Waals surface area (Å²) in [5.41, 5.74) is 5.12. The number of carbonyl (C=O) groups is 1. The van der Waals surface area contributed by atoms with Crippen LogP contribution in [-0.4, -0.2) is 32.3 Å². The number of aromatic hydroxyl groups is 1. The van der Waals surface area contributed by atoms with Crippen LogP contribution in [0.4, 0.5) is 5.82 Å². The molecule has 196 valence electrons. The van der Waals surface area contributed by atoms with Gasteiger partial charge in [-0.2, -0.15) is 5.10 Å². The van der Waals surface area contributed by atoms with E-state index >= 15 is 0 Å². The van der Waals surface area contributed by atoms with Gasteiger partial charge < -0.3 is 5.11 Å². The minimum absolute atomic E-state index is 0.0179. The molecule has 0 aliphatic heterocycles. The number of rotatable bonds is 7. The Bertz CT molecular complexity index is 1540. The van der Waals surface area contributed by atoms with Gasteiger partial charge in [0, 0.05) is 24.4 Å². The normalized spacial score (nSPS) is 11.4. The number of aromatic nitrogens is 3. The highest BCUT2D eigenvalue weighted by Gasteiger charge is 2.24. The summed E-state index contributed by atoms with van der Waals surface area (Å²) in [4.78, 5) is 20.2. The van der Waals surface area contributed by atoms with E-state index in [4.69, 9.17) is 5.10 Å². The first-order chi connectivity index (χ1) is 18.8. The van der Waals surface area contributed by atoms with Crippen LogP contribution in [0.1, 0.15) is 42.3 Å². The molecule has 3 aromatic carbocycles. The molecule has 2 aromatic heterocycles. The number of pyridine rings is 1. The van der Waals surface area contributed by atoms with Gasteiger partial charge in [0.25, 0.3) is 5.91 Å². The summed E-state index contributed by atoms with van der Waals surface area (Å²) >= 11 is 0. The molecule has 2 heterocycles. The van der Waals surface area contributed by atoms with Crippen molar-refractivity contribution in [2.45, 2.75) is 32.6 Å². The van der Waals surface area contributed by atoms with E-state index in [2.05, 4.69) is 37.9 Å². The Morgan fingerprint density at radius 1 is 0.846 bits per heavy atom. The van der Waals surface area contributed by atoms with Crippen molar-refractivity contribution in [1.82, 2.24) is 14.8 Å². The van der Waals surface area contributed by atoms with Crippen molar-refractivity contribution in [3.63, 3.8) is 0 Å². The minimum atomic E-state index is -0.116. The number of amides is 1. The number of hydrogen-bond donors (Lipinski definition) is 1. The van der Waals surface area contributed by atoms with Crippen molar-refractivity contribution in [3.05, 3.63) is 126 Å². The Balaban J connectivity index is 1.61. The largest absolute Gasteiger partial charge is 0.508 e. The van der Waals surface area contributed by atoms with Crippen molar-refractivity contribution in [3.8, 4) is 22.8 Å². The monoisotopic (exact) mass is 516 g/mol. The third-order valence-corrected chi connectivity index (χ3v) is 6.70. The number of phenolic OH excluding ortho intramolecular Hbond substituents is 1. The molecule has 6 nitrogen and oxygen atoms in total. The van der Waals surface area contributed by atoms with E-state index in [0.29, 0.717) is 30.0 Å². The molecule has 1 N–H and O–H groups in total. The Labute approximate surface area is 229 Å². The summed E-state index contributed by atoms with van der Waals surface area (Å²) in [6.45, 7) is 6.98. The molecule has 0 saturated carbocycles. The van der Waals surface area contributed by atoms with Crippen LogP contribution in [0.25, 0.3) is 17.1 Å². The average molecular weight is 517 g/mol. The van der Waals surface area contributed by atoms with Gasteiger partial charge in [-0.25, -0.2) is 4.68 Å². The van der Waals surface area contributed by atoms with Crippen LogP contribution in [0.5, 0.6) is 5.75 Å². The van der Waals surface area contributed by atoms with Crippen molar-refractivity contribution < 1.29 is 9.90 Å². The smallest absolute Gasteiger partial charge is 0.259 e. The molecule has 0 bridgehead atoms. The molecule has 0 spiro atoms. The third kappa shape index (κ3) is 5.91. The van der Waals surface area contributed by atoms with E-state index in [1.54, 1.807) is 23.2 Å². The fourth-order valence-electron chi connectivity index (χ4n) is 4.46. The predicted molar refractivity (Wildman–Crippen MR) is 155 cm³/mol. The lowest BCUT2D eigenvalue weighted by Gasteiger charge is -2.24. The topological polar surface area (TPSA) is 71.2 Å². The molecule has 0 aliphatic rings. The molecule has 0 unspecified atom stereocenters. The van der Waals surface area contributed by atoms with Crippen LogP contribution in [-0.2, 0) is 11.8 Å². The fourth-order valence-corrected chi connectivity index (χ4v) is 4.46. The average Bonchev–Trinajstić information content (AvgIpc) is 3.40. The summed E-state index contributed by atoms with van der Waals surface area (Å²) in [7, 11) is 0. The summed E-state index contributed by atoms with van der Waals surface area (Å²) in [5.74, 6) is 0.758. The summed E-state index contributed by atoms with van der Waals surface area (Å²) in [6, 6.07) is 32.3. The van der Waals surface area contributed by atoms with E-state index in [9.17, 15) is 9.90 Å². The number of benzene rings is 3. The molecule has 0 aliphatic carbocycles. The number of phenols is 1. The van der Waals surface area contributed by atoms with E-state index in [1.165, 1.54) is 5.56 Å². The van der Waals surface area contributed by atoms with Gasteiger partial charge in [-0.1, -0.05) is 69.3 Å². The zero-order valence-corrected chi connectivity index (χ0v) is 22.5. The molecular formula is C33H32N4O2. The fraction of sp³-hybridized carbons (Fsp3) is 0.182. The first kappa shape index (κ1) is 25.9. The maximum atomic E-state index is 14.0. The molecule has 6 heteroatoms. The van der Waals surface area contributed by atoms with Crippen molar-refractivity contribution in [2.24, 2.45) is 0 Å². The lowest BCUT2D eigenvalue weighted by atomic mass is 9.87. The second kappa shape index (κ2) is 11.0. The molecule has 0 fully saturated rings. The van der Waals surface area contributed by atoms with Gasteiger partial charge in [0.1, 0.15) is 17.3 Å². The molecule has 0 saturated heterocycles. The van der Waals surface area contributed by atoms with Gasteiger partial charge >= 0.3 is 0 Å². The molecular weight excluding hydrogens is 484 g/mol. The Kier molecular flexibility index (Phi) is 7.28. The molecule has 5 rings (SSSR count). The maximum Gasteiger partial charge on any atom is 0.259 e. The SMILES string of the molecule is CC(C)(C)c1ccc(-n2nc(-c3ccccn3)cc2N(CCc2ccc(O)cc2)C(=O)c2ccccc2)cc1. The van der Waals surface area contributed by atoms with Crippen LogP contribution in [0.3, 0.4) is 0 Å². The van der Waals surface area contributed by atoms with Crippen LogP contribution in [0.15, 0.2) is 109 Å². The van der Waals surface area contributed by atoms with Gasteiger partial charge in [0.15, 0.2) is 0 Å². The van der Waals surface area contributed by atoms with Crippen LogP contribution < -0.4 is 4.90 Å². The zero-order chi connectivity index (χ0) is 27.4. The van der Waals surface area contributed by atoms with E-state index in [0.717, 1.165) is 16.9 Å². The predicted octanol–water partition coefficient (Wildman–Crippen LogP) is 6.83. The second-order valence-corrected chi connectivity index (χ2v) is 10.6. The van der Waals surface area contributed by atoms with E-state index in [1.807, 2.05) is 83.5 Å². The van der Waals surface area contributed by atoms with E-state index < -0.39 is 0 Å². The van der Waals surface area contributed by atoms with Crippen molar-refractivity contribution in [2.75, 3.05) is 11.4 Å². The number of nitrogens with zero attached hydrogens (tertiary/aromatic N) is 4. The lowest BCUT2D eigenvalue weighted by Crippen LogP contribution is -2.34. The van der Waals surface area contributed by atoms with Crippen molar-refractivity contribution in [1.29, 1.82) is 0 Å². The van der Waals surface area contributed by atoms with Gasteiger partial charge in [-0.3, -0.25) is 14.7 Å². The summed E-state index contributed by atoms with van der Waals surface area (Å²) < 4.78 is 1.83. The van der Waals surface area contributed by atoms with Crippen LogP contribution >= 0.6 is 0 Å². The highest BCUT2D eigenvalue weighted by molar-refractivity contribution is 6.06. The van der Waals surface area contributed by atoms with Crippen LogP contribution in [0.2, 0.25) is 0 Å². The van der Waals surface area contributed by atoms with Crippen LogP contribution in [0, 0.1) is 0 Å². The lowest BCUT2D eigenvalue weighted by molar-refractivity contribution is 0.0986. The van der Waals surface area contributed by atoms with Gasteiger partial charge in [0.2, 0.25) is 0 Å². The first-order valence-corrected chi connectivity index (χ1v) is 13.1. The standard InChI is InChI=1S/C33H32N4O2/c1-33(2,3)26-14-16-27(17-15-26)37-31(23-30(35-37)29-11-7-8-21-34-29)36(32(39)25-9-5-4-6-10-25)22-20-24-12-18-28(38)19-13-24/h4-19,21,23,38H,20,22H2,1-3H3. The van der Waals surface area contributed by atoms with Gasteiger partial charge in [0.05, 0.1) is 11.4 Å². The molecule has 0 atom stereocenters. The first-order valence-electron chi connectivity index (χ1n) is 13.1. The number of carbonyl (C=O) groups excluding carboxylic acids is 1.